The van der Waals surface area contributed by atoms with E-state index in [1.807, 2.05) is 13.0 Å². The molecule has 6 heteroatoms. The van der Waals surface area contributed by atoms with Gasteiger partial charge in [0.2, 0.25) is 5.91 Å². The van der Waals surface area contributed by atoms with Crippen molar-refractivity contribution in [2.24, 2.45) is 0 Å². The number of rotatable bonds is 5. The van der Waals surface area contributed by atoms with E-state index in [1.54, 1.807) is 12.3 Å². The fourth-order valence-electron chi connectivity index (χ4n) is 2.40. The van der Waals surface area contributed by atoms with E-state index in [4.69, 9.17) is 5.26 Å². The summed E-state index contributed by atoms with van der Waals surface area (Å²) in [6.45, 7) is 7.91. The minimum absolute atomic E-state index is 0.0966. The van der Waals surface area contributed by atoms with Gasteiger partial charge in [-0.2, -0.15) is 5.26 Å². The summed E-state index contributed by atoms with van der Waals surface area (Å²) in [5.74, 6) is 0.988. The Hall–Kier alpha value is -2.13. The first kappa shape index (κ1) is 16.2. The van der Waals surface area contributed by atoms with Crippen molar-refractivity contribution in [3.8, 4) is 6.07 Å². The molecule has 118 valence electrons. The third kappa shape index (κ3) is 4.43. The maximum absolute atomic E-state index is 11.9. The zero-order valence-corrected chi connectivity index (χ0v) is 13.2. The summed E-state index contributed by atoms with van der Waals surface area (Å²) in [5.41, 5.74) is 0.573. The molecule has 1 amide bonds. The highest BCUT2D eigenvalue weighted by Crippen LogP contribution is 2.13. The van der Waals surface area contributed by atoms with Crippen LogP contribution in [-0.2, 0) is 4.79 Å². The number of anilines is 1. The summed E-state index contributed by atoms with van der Waals surface area (Å²) < 4.78 is 0. The lowest BCUT2D eigenvalue weighted by molar-refractivity contribution is -0.122. The van der Waals surface area contributed by atoms with E-state index in [1.165, 1.54) is 0 Å². The van der Waals surface area contributed by atoms with Crippen molar-refractivity contribution < 1.29 is 4.79 Å². The number of hydrogen-bond donors (Lipinski definition) is 1. The number of amides is 1. The van der Waals surface area contributed by atoms with Crippen molar-refractivity contribution in [2.45, 2.75) is 26.3 Å². The monoisotopic (exact) mass is 301 g/mol. The summed E-state index contributed by atoms with van der Waals surface area (Å²) in [7, 11) is 0. The second-order valence-electron chi connectivity index (χ2n) is 5.66. The Balaban J connectivity index is 1.80. The Morgan fingerprint density at radius 1 is 1.41 bits per heavy atom. The normalized spacial score (nSPS) is 16.9. The highest BCUT2D eigenvalue weighted by atomic mass is 16.2. The molecule has 22 heavy (non-hydrogen) atoms. The van der Waals surface area contributed by atoms with Gasteiger partial charge >= 0.3 is 0 Å². The van der Waals surface area contributed by atoms with Crippen LogP contribution in [0.2, 0.25) is 0 Å². The van der Waals surface area contributed by atoms with Gasteiger partial charge < -0.3 is 10.2 Å². The molecular formula is C16H23N5O. The second kappa shape index (κ2) is 7.76. The molecule has 1 aliphatic heterocycles. The van der Waals surface area contributed by atoms with Gasteiger partial charge in [0.05, 0.1) is 12.1 Å². The third-order valence-electron chi connectivity index (χ3n) is 3.96. The van der Waals surface area contributed by atoms with E-state index in [9.17, 15) is 4.79 Å². The first-order valence-corrected chi connectivity index (χ1v) is 7.75. The predicted octanol–water partition coefficient (Wildman–Crippen LogP) is 0.990. The summed E-state index contributed by atoms with van der Waals surface area (Å²) in [5, 5.41) is 11.8. The molecule has 6 nitrogen and oxygen atoms in total. The molecule has 2 rings (SSSR count). The first-order valence-electron chi connectivity index (χ1n) is 7.75. The van der Waals surface area contributed by atoms with Crippen LogP contribution < -0.4 is 10.2 Å². The molecule has 0 saturated carbocycles. The van der Waals surface area contributed by atoms with Crippen molar-refractivity contribution >= 4 is 11.7 Å². The van der Waals surface area contributed by atoms with Crippen LogP contribution in [0.1, 0.15) is 25.8 Å². The van der Waals surface area contributed by atoms with Gasteiger partial charge in [0.15, 0.2) is 0 Å². The van der Waals surface area contributed by atoms with Crippen LogP contribution in [0.3, 0.4) is 0 Å². The fraction of sp³-hybridized carbons (Fsp3) is 0.562. The minimum Gasteiger partial charge on any atom is -0.354 e. The summed E-state index contributed by atoms with van der Waals surface area (Å²) in [4.78, 5) is 20.6. The maximum Gasteiger partial charge on any atom is 0.234 e. The summed E-state index contributed by atoms with van der Waals surface area (Å²) >= 11 is 0. The molecule has 0 bridgehead atoms. The van der Waals surface area contributed by atoms with E-state index in [2.05, 4.69) is 33.1 Å². The number of nitrogens with zero attached hydrogens (tertiary/aromatic N) is 4. The minimum atomic E-state index is 0.0966. The average Bonchev–Trinajstić information content (AvgIpc) is 2.55. The number of carbonyl (C=O) groups is 1. The highest BCUT2D eigenvalue weighted by Gasteiger charge is 2.20. The summed E-state index contributed by atoms with van der Waals surface area (Å²) in [6, 6.07) is 5.97. The van der Waals surface area contributed by atoms with E-state index >= 15 is 0 Å². The van der Waals surface area contributed by atoms with E-state index in [-0.39, 0.29) is 11.9 Å². The molecule has 1 aromatic rings. The topological polar surface area (TPSA) is 72.3 Å². The number of piperazine rings is 1. The molecular weight excluding hydrogens is 278 g/mol. The van der Waals surface area contributed by atoms with Gasteiger partial charge in [0, 0.05) is 38.4 Å². The number of aromatic nitrogens is 1. The molecule has 1 N–H and O–H groups in total. The number of carbonyl (C=O) groups excluding carboxylic acids is 1. The highest BCUT2D eigenvalue weighted by molar-refractivity contribution is 5.78. The predicted molar refractivity (Wildman–Crippen MR) is 85.5 cm³/mol. The van der Waals surface area contributed by atoms with Crippen LogP contribution >= 0.6 is 0 Å². The standard InChI is InChI=1S/C16H23N5O/c1-3-13(2)19-16(22)12-20-6-8-21(9-7-20)15-5-4-14(10-17)11-18-15/h4-5,11,13H,3,6-9,12H2,1-2H3,(H,19,22)/t13-/m0/s1. The SMILES string of the molecule is CC[C@H](C)NC(=O)CN1CCN(c2ccc(C#N)cn2)CC1. The molecule has 0 aliphatic carbocycles. The van der Waals surface area contributed by atoms with Crippen LogP contribution in [0.4, 0.5) is 5.82 Å². The average molecular weight is 301 g/mol. The van der Waals surface area contributed by atoms with Crippen molar-refractivity contribution in [3.05, 3.63) is 23.9 Å². The van der Waals surface area contributed by atoms with Crippen LogP contribution in [0.5, 0.6) is 0 Å². The van der Waals surface area contributed by atoms with Gasteiger partial charge in [-0.3, -0.25) is 9.69 Å². The zero-order valence-electron chi connectivity index (χ0n) is 13.2. The lowest BCUT2D eigenvalue weighted by Gasteiger charge is -2.35. The molecule has 0 radical (unpaired) electrons. The Kier molecular flexibility index (Phi) is 5.73. The Labute approximate surface area is 131 Å². The number of pyridine rings is 1. The smallest absolute Gasteiger partial charge is 0.234 e. The Morgan fingerprint density at radius 3 is 2.68 bits per heavy atom. The largest absolute Gasteiger partial charge is 0.354 e. The van der Waals surface area contributed by atoms with Gasteiger partial charge in [0.25, 0.3) is 0 Å². The first-order chi connectivity index (χ1) is 10.6. The molecule has 1 atom stereocenters. The van der Waals surface area contributed by atoms with Gasteiger partial charge in [-0.05, 0) is 25.5 Å². The molecule has 1 saturated heterocycles. The van der Waals surface area contributed by atoms with Gasteiger partial charge in [0.1, 0.15) is 11.9 Å². The zero-order chi connectivity index (χ0) is 15.9. The molecule has 0 unspecified atom stereocenters. The summed E-state index contributed by atoms with van der Waals surface area (Å²) in [6.07, 6.45) is 2.55. The lowest BCUT2D eigenvalue weighted by atomic mass is 10.2. The lowest BCUT2D eigenvalue weighted by Crippen LogP contribution is -2.50. The fourth-order valence-corrected chi connectivity index (χ4v) is 2.40. The van der Waals surface area contributed by atoms with Gasteiger partial charge in [-0.25, -0.2) is 4.98 Å². The van der Waals surface area contributed by atoms with E-state index < -0.39 is 0 Å². The molecule has 1 aromatic heterocycles. The maximum atomic E-state index is 11.9. The molecule has 0 aromatic carbocycles. The van der Waals surface area contributed by atoms with Gasteiger partial charge in [-0.1, -0.05) is 6.92 Å². The van der Waals surface area contributed by atoms with E-state index in [0.717, 1.165) is 38.4 Å². The molecule has 2 heterocycles. The number of nitrogens with one attached hydrogen (secondary N) is 1. The second-order valence-corrected chi connectivity index (χ2v) is 5.66. The van der Waals surface area contributed by atoms with Crippen LogP contribution in [0, 0.1) is 11.3 Å². The quantitative estimate of drug-likeness (QED) is 0.878. The Bertz CT molecular complexity index is 528. The number of hydrogen-bond acceptors (Lipinski definition) is 5. The third-order valence-corrected chi connectivity index (χ3v) is 3.96. The van der Waals surface area contributed by atoms with Crippen molar-refractivity contribution in [3.63, 3.8) is 0 Å². The van der Waals surface area contributed by atoms with Gasteiger partial charge in [-0.15, -0.1) is 0 Å². The van der Waals surface area contributed by atoms with Crippen molar-refractivity contribution in [2.75, 3.05) is 37.6 Å². The van der Waals surface area contributed by atoms with Crippen LogP contribution in [-0.4, -0.2) is 54.6 Å². The Morgan fingerprint density at radius 2 is 2.14 bits per heavy atom. The van der Waals surface area contributed by atoms with Crippen molar-refractivity contribution in [1.29, 1.82) is 5.26 Å². The van der Waals surface area contributed by atoms with Crippen molar-refractivity contribution in [1.82, 2.24) is 15.2 Å². The molecule has 1 fully saturated rings. The van der Waals surface area contributed by atoms with Crippen LogP contribution in [0.25, 0.3) is 0 Å². The number of nitriles is 1. The van der Waals surface area contributed by atoms with E-state index in [0.29, 0.717) is 12.1 Å². The molecule has 1 aliphatic rings. The molecule has 0 spiro atoms. The van der Waals surface area contributed by atoms with Crippen LogP contribution in [0.15, 0.2) is 18.3 Å².